The van der Waals surface area contributed by atoms with E-state index in [0.29, 0.717) is 12.2 Å². The Kier molecular flexibility index (Phi) is 5.81. The molecular weight excluding hydrogens is 248 g/mol. The van der Waals surface area contributed by atoms with Crippen molar-refractivity contribution in [3.05, 3.63) is 35.9 Å². The van der Waals surface area contributed by atoms with Gasteiger partial charge in [0.1, 0.15) is 0 Å². The van der Waals surface area contributed by atoms with Crippen molar-refractivity contribution in [2.45, 2.75) is 19.0 Å². The van der Waals surface area contributed by atoms with Gasteiger partial charge in [-0.15, -0.1) is 0 Å². The van der Waals surface area contributed by atoms with Gasteiger partial charge in [0.15, 0.2) is 6.04 Å². The molecule has 0 saturated heterocycles. The molecule has 0 radical (unpaired) electrons. The summed E-state index contributed by atoms with van der Waals surface area (Å²) in [5.74, 6) is -1.11. The van der Waals surface area contributed by atoms with Crippen LogP contribution in [0.25, 0.3) is 0 Å². The van der Waals surface area contributed by atoms with E-state index in [0.717, 1.165) is 0 Å². The van der Waals surface area contributed by atoms with Crippen LogP contribution < -0.4 is 10.6 Å². The summed E-state index contributed by atoms with van der Waals surface area (Å²) in [5, 5.41) is 14.2. The molecule has 1 unspecified atom stereocenters. The van der Waals surface area contributed by atoms with Crippen LogP contribution in [0.5, 0.6) is 0 Å². The molecule has 0 aliphatic rings. The fourth-order valence-electron chi connectivity index (χ4n) is 1.62. The van der Waals surface area contributed by atoms with E-state index in [-0.39, 0.29) is 6.04 Å². The van der Waals surface area contributed by atoms with E-state index in [1.807, 2.05) is 0 Å². The molecule has 2 amide bonds. The summed E-state index contributed by atoms with van der Waals surface area (Å²) in [7, 11) is 1.53. The zero-order valence-corrected chi connectivity index (χ0v) is 10.9. The lowest BCUT2D eigenvalue weighted by atomic mass is 10.1. The second-order valence-electron chi connectivity index (χ2n) is 4.16. The van der Waals surface area contributed by atoms with Crippen molar-refractivity contribution in [3.63, 3.8) is 0 Å². The van der Waals surface area contributed by atoms with Crippen LogP contribution >= 0.6 is 0 Å². The fourth-order valence-corrected chi connectivity index (χ4v) is 1.62. The van der Waals surface area contributed by atoms with Crippen molar-refractivity contribution in [3.8, 4) is 0 Å². The number of aliphatic carboxylic acids is 1. The van der Waals surface area contributed by atoms with Crippen LogP contribution in [0.4, 0.5) is 4.79 Å². The Balaban J connectivity index is 2.65. The average Bonchev–Trinajstić information content (AvgIpc) is 2.37. The molecule has 0 heterocycles. The van der Waals surface area contributed by atoms with Gasteiger partial charge in [-0.3, -0.25) is 0 Å². The van der Waals surface area contributed by atoms with Gasteiger partial charge >= 0.3 is 12.0 Å². The molecule has 2 atom stereocenters. The van der Waals surface area contributed by atoms with Crippen LogP contribution in [-0.4, -0.2) is 36.9 Å². The van der Waals surface area contributed by atoms with Crippen LogP contribution in [0.15, 0.2) is 30.3 Å². The summed E-state index contributed by atoms with van der Waals surface area (Å²) < 4.78 is 4.88. The van der Waals surface area contributed by atoms with Crippen LogP contribution in [0.2, 0.25) is 0 Å². The molecule has 0 spiro atoms. The minimum absolute atomic E-state index is 0.199. The maximum Gasteiger partial charge on any atom is 0.330 e. The van der Waals surface area contributed by atoms with Crippen molar-refractivity contribution in [1.82, 2.24) is 10.6 Å². The van der Waals surface area contributed by atoms with Crippen LogP contribution in [0.3, 0.4) is 0 Å². The molecule has 0 aromatic heterocycles. The normalized spacial score (nSPS) is 13.4. The number of carbonyl (C=O) groups excluding carboxylic acids is 1. The standard InChI is InChI=1S/C13H18N2O4/c1-9(8-19-2)14-13(18)15-11(12(16)17)10-6-4-3-5-7-10/h3-7,9,11H,8H2,1-2H3,(H,16,17)(H2,14,15,18)/t9?,11-/m0/s1. The third-order valence-corrected chi connectivity index (χ3v) is 2.45. The smallest absolute Gasteiger partial charge is 0.330 e. The van der Waals surface area contributed by atoms with Gasteiger partial charge in [-0.25, -0.2) is 9.59 Å². The zero-order valence-electron chi connectivity index (χ0n) is 10.9. The molecule has 1 aromatic rings. The SMILES string of the molecule is COCC(C)NC(=O)N[C@H](C(=O)O)c1ccccc1. The number of benzene rings is 1. The van der Waals surface area contributed by atoms with Gasteiger partial charge in [-0.2, -0.15) is 0 Å². The first-order valence-corrected chi connectivity index (χ1v) is 5.88. The van der Waals surface area contributed by atoms with Crippen LogP contribution in [0, 0.1) is 0 Å². The van der Waals surface area contributed by atoms with Crippen LogP contribution in [-0.2, 0) is 9.53 Å². The Labute approximate surface area is 111 Å². The molecule has 6 heteroatoms. The van der Waals surface area contributed by atoms with E-state index in [1.54, 1.807) is 37.3 Å². The maximum atomic E-state index is 11.7. The zero-order chi connectivity index (χ0) is 14.3. The number of amides is 2. The van der Waals surface area contributed by atoms with Crippen molar-refractivity contribution < 1.29 is 19.4 Å². The second kappa shape index (κ2) is 7.38. The molecule has 0 bridgehead atoms. The summed E-state index contributed by atoms with van der Waals surface area (Å²) in [6.45, 7) is 2.12. The number of carboxylic acid groups (broad SMARTS) is 1. The number of urea groups is 1. The van der Waals surface area contributed by atoms with E-state index >= 15 is 0 Å². The number of nitrogens with one attached hydrogen (secondary N) is 2. The Morgan fingerprint density at radius 1 is 1.26 bits per heavy atom. The molecule has 0 aliphatic carbocycles. The first kappa shape index (κ1) is 15.0. The Morgan fingerprint density at radius 3 is 2.42 bits per heavy atom. The monoisotopic (exact) mass is 266 g/mol. The first-order valence-electron chi connectivity index (χ1n) is 5.88. The number of hydrogen-bond donors (Lipinski definition) is 3. The Bertz CT molecular complexity index is 422. The summed E-state index contributed by atoms with van der Waals surface area (Å²) >= 11 is 0. The molecule has 1 aromatic carbocycles. The number of methoxy groups -OCH3 is 1. The topological polar surface area (TPSA) is 87.7 Å². The number of rotatable bonds is 6. The highest BCUT2D eigenvalue weighted by Crippen LogP contribution is 2.12. The van der Waals surface area contributed by atoms with Gasteiger partial charge in [-0.05, 0) is 12.5 Å². The van der Waals surface area contributed by atoms with E-state index in [9.17, 15) is 9.59 Å². The molecule has 1 rings (SSSR count). The summed E-state index contributed by atoms with van der Waals surface area (Å²) in [5.41, 5.74) is 0.518. The third kappa shape index (κ3) is 4.97. The average molecular weight is 266 g/mol. The number of hydrogen-bond acceptors (Lipinski definition) is 3. The number of carbonyl (C=O) groups is 2. The fraction of sp³-hybridized carbons (Fsp3) is 0.385. The van der Waals surface area contributed by atoms with E-state index < -0.39 is 18.0 Å². The highest BCUT2D eigenvalue weighted by molar-refractivity contribution is 5.83. The first-order chi connectivity index (χ1) is 9.04. The minimum Gasteiger partial charge on any atom is -0.479 e. The predicted octanol–water partition coefficient (Wildman–Crippen LogP) is 1.15. The Hall–Kier alpha value is -2.08. The molecule has 104 valence electrons. The number of ether oxygens (including phenoxy) is 1. The molecule has 3 N–H and O–H groups in total. The lowest BCUT2D eigenvalue weighted by Gasteiger charge is -2.18. The third-order valence-electron chi connectivity index (χ3n) is 2.45. The second-order valence-corrected chi connectivity index (χ2v) is 4.16. The van der Waals surface area contributed by atoms with Crippen molar-refractivity contribution in [2.24, 2.45) is 0 Å². The quantitative estimate of drug-likeness (QED) is 0.720. The molecule has 6 nitrogen and oxygen atoms in total. The van der Waals surface area contributed by atoms with Gasteiger partial charge < -0.3 is 20.5 Å². The highest BCUT2D eigenvalue weighted by atomic mass is 16.5. The van der Waals surface area contributed by atoms with Gasteiger partial charge in [0.2, 0.25) is 0 Å². The van der Waals surface area contributed by atoms with Crippen molar-refractivity contribution in [1.29, 1.82) is 0 Å². The van der Waals surface area contributed by atoms with Crippen molar-refractivity contribution >= 4 is 12.0 Å². The highest BCUT2D eigenvalue weighted by Gasteiger charge is 2.22. The van der Waals surface area contributed by atoms with Crippen LogP contribution in [0.1, 0.15) is 18.5 Å². The summed E-state index contributed by atoms with van der Waals surface area (Å²) in [6, 6.07) is 6.71. The van der Waals surface area contributed by atoms with Gasteiger partial charge in [0, 0.05) is 7.11 Å². The van der Waals surface area contributed by atoms with Crippen molar-refractivity contribution in [2.75, 3.05) is 13.7 Å². The Morgan fingerprint density at radius 2 is 1.89 bits per heavy atom. The molecule has 19 heavy (non-hydrogen) atoms. The summed E-state index contributed by atoms with van der Waals surface area (Å²) in [4.78, 5) is 22.9. The molecule has 0 fully saturated rings. The summed E-state index contributed by atoms with van der Waals surface area (Å²) in [6.07, 6.45) is 0. The number of carboxylic acids is 1. The van der Waals surface area contributed by atoms with E-state index in [2.05, 4.69) is 10.6 Å². The predicted molar refractivity (Wildman–Crippen MR) is 69.8 cm³/mol. The minimum atomic E-state index is -1.11. The van der Waals surface area contributed by atoms with Gasteiger partial charge in [-0.1, -0.05) is 30.3 Å². The van der Waals surface area contributed by atoms with Gasteiger partial charge in [0.05, 0.1) is 12.6 Å². The lowest BCUT2D eigenvalue weighted by Crippen LogP contribution is -2.45. The maximum absolute atomic E-state index is 11.7. The molecule has 0 aliphatic heterocycles. The molecular formula is C13H18N2O4. The van der Waals surface area contributed by atoms with E-state index in [4.69, 9.17) is 9.84 Å². The lowest BCUT2D eigenvalue weighted by molar-refractivity contribution is -0.139. The largest absolute Gasteiger partial charge is 0.479 e. The van der Waals surface area contributed by atoms with Gasteiger partial charge in [0.25, 0.3) is 0 Å². The molecule has 0 saturated carbocycles. The van der Waals surface area contributed by atoms with E-state index in [1.165, 1.54) is 7.11 Å².